The molecule has 0 fully saturated rings. The van der Waals surface area contributed by atoms with Crippen molar-refractivity contribution in [3.05, 3.63) is 70.2 Å². The Balaban J connectivity index is 2.82. The van der Waals surface area contributed by atoms with Gasteiger partial charge in [0.15, 0.2) is 11.6 Å². The lowest BCUT2D eigenvalue weighted by atomic mass is 9.93. The van der Waals surface area contributed by atoms with Gasteiger partial charge in [0.1, 0.15) is 5.75 Å². The van der Waals surface area contributed by atoms with Gasteiger partial charge in [0.05, 0.1) is 20.5 Å². The molecule has 0 radical (unpaired) electrons. The van der Waals surface area contributed by atoms with Crippen LogP contribution in [0, 0.1) is 5.82 Å². The molecule has 2 aromatic carbocycles. The van der Waals surface area contributed by atoms with Crippen molar-refractivity contribution in [1.82, 2.24) is 0 Å². The predicted molar refractivity (Wildman–Crippen MR) is 92.9 cm³/mol. The molecule has 2 aromatic rings. The zero-order valence-electron chi connectivity index (χ0n) is 12.8. The van der Waals surface area contributed by atoms with Gasteiger partial charge in [0, 0.05) is 21.2 Å². The summed E-state index contributed by atoms with van der Waals surface area (Å²) in [5.74, 6) is -0.333. The van der Waals surface area contributed by atoms with Crippen LogP contribution in [-0.2, 0) is 4.74 Å². The molecule has 0 aliphatic heterocycles. The summed E-state index contributed by atoms with van der Waals surface area (Å²) >= 11 is 3.42. The Morgan fingerprint density at radius 3 is 2.61 bits per heavy atom. The van der Waals surface area contributed by atoms with Gasteiger partial charge in [-0.3, -0.25) is 0 Å². The molecule has 0 aliphatic carbocycles. The zero-order chi connectivity index (χ0) is 17.0. The summed E-state index contributed by atoms with van der Waals surface area (Å²) in [6.45, 7) is 3.73. The van der Waals surface area contributed by atoms with Crippen LogP contribution in [0.1, 0.15) is 16.7 Å². The van der Waals surface area contributed by atoms with E-state index in [0.29, 0.717) is 26.7 Å². The molecular formula is C18H16BrFO3. The molecule has 0 atom stereocenters. The highest BCUT2D eigenvalue weighted by Gasteiger charge is 2.21. The highest BCUT2D eigenvalue weighted by atomic mass is 79.9. The predicted octanol–water partition coefficient (Wildman–Crippen LogP) is 4.98. The van der Waals surface area contributed by atoms with Crippen LogP contribution in [0.25, 0.3) is 11.6 Å². The van der Waals surface area contributed by atoms with Crippen LogP contribution >= 0.6 is 15.9 Å². The van der Waals surface area contributed by atoms with Crippen molar-refractivity contribution in [1.29, 1.82) is 0 Å². The maximum atomic E-state index is 14.1. The molecule has 120 valence electrons. The lowest BCUT2D eigenvalue weighted by Gasteiger charge is -2.17. The number of phenolic OH excluding ortho intramolecular Hbond substituents is 1. The molecule has 0 heterocycles. The van der Waals surface area contributed by atoms with Gasteiger partial charge in [-0.05, 0) is 23.8 Å². The second-order valence-electron chi connectivity index (χ2n) is 4.65. The maximum Gasteiger partial charge on any atom is 0.165 e. The van der Waals surface area contributed by atoms with E-state index in [-0.39, 0.29) is 11.5 Å². The van der Waals surface area contributed by atoms with E-state index in [1.807, 2.05) is 0 Å². The van der Waals surface area contributed by atoms with Gasteiger partial charge in [0.25, 0.3) is 0 Å². The van der Waals surface area contributed by atoms with Crippen LogP contribution in [0.2, 0.25) is 0 Å². The number of rotatable bonds is 5. The number of methoxy groups -OCH3 is 2. The molecule has 3 nitrogen and oxygen atoms in total. The molecule has 0 saturated carbocycles. The third kappa shape index (κ3) is 3.24. The van der Waals surface area contributed by atoms with Crippen LogP contribution in [-0.4, -0.2) is 19.3 Å². The Hall–Kier alpha value is -2.27. The van der Waals surface area contributed by atoms with Crippen molar-refractivity contribution in [2.24, 2.45) is 0 Å². The number of hydrogen-bond acceptors (Lipinski definition) is 3. The third-order valence-electron chi connectivity index (χ3n) is 3.35. The molecule has 0 amide bonds. The zero-order valence-corrected chi connectivity index (χ0v) is 14.4. The largest absolute Gasteiger partial charge is 0.507 e. The van der Waals surface area contributed by atoms with Crippen molar-refractivity contribution in [3.8, 4) is 11.5 Å². The van der Waals surface area contributed by atoms with E-state index in [4.69, 9.17) is 9.47 Å². The van der Waals surface area contributed by atoms with Crippen molar-refractivity contribution < 1.29 is 19.0 Å². The molecule has 2 rings (SSSR count). The summed E-state index contributed by atoms with van der Waals surface area (Å²) < 4.78 is 25.2. The van der Waals surface area contributed by atoms with E-state index in [9.17, 15) is 9.50 Å². The molecular weight excluding hydrogens is 363 g/mol. The topological polar surface area (TPSA) is 38.7 Å². The second-order valence-corrected chi connectivity index (χ2v) is 5.50. The van der Waals surface area contributed by atoms with E-state index in [0.717, 1.165) is 0 Å². The number of phenols is 1. The van der Waals surface area contributed by atoms with Crippen molar-refractivity contribution in [2.45, 2.75) is 0 Å². The fourth-order valence-electron chi connectivity index (χ4n) is 2.36. The highest BCUT2D eigenvalue weighted by molar-refractivity contribution is 9.10. The quantitative estimate of drug-likeness (QED) is 0.745. The molecule has 0 unspecified atom stereocenters. The van der Waals surface area contributed by atoms with Gasteiger partial charge < -0.3 is 14.6 Å². The van der Waals surface area contributed by atoms with Gasteiger partial charge >= 0.3 is 0 Å². The van der Waals surface area contributed by atoms with Gasteiger partial charge in [-0.2, -0.15) is 0 Å². The Bertz CT molecular complexity index is 769. The lowest BCUT2D eigenvalue weighted by Crippen LogP contribution is -2.00. The molecule has 0 aromatic heterocycles. The van der Waals surface area contributed by atoms with Crippen LogP contribution in [0.3, 0.4) is 0 Å². The summed E-state index contributed by atoms with van der Waals surface area (Å²) in [6.07, 6.45) is 3.01. The number of benzene rings is 2. The lowest BCUT2D eigenvalue weighted by molar-refractivity contribution is 0.339. The van der Waals surface area contributed by atoms with Gasteiger partial charge in [-0.25, -0.2) is 4.39 Å². The van der Waals surface area contributed by atoms with Gasteiger partial charge in [0.2, 0.25) is 0 Å². The summed E-state index contributed by atoms with van der Waals surface area (Å²) in [7, 11) is 2.89. The molecule has 1 N–H and O–H groups in total. The minimum atomic E-state index is -0.493. The van der Waals surface area contributed by atoms with Gasteiger partial charge in [-0.15, -0.1) is 0 Å². The van der Waals surface area contributed by atoms with Crippen LogP contribution in [0.15, 0.2) is 47.6 Å². The standard InChI is InChI=1S/C18H16BrFO3/c1-4-11-12(6-5-7-16(11)21)13(10-22-2)17-14(19)8-9-15(20)18(17)23-3/h4-10,21H,1H2,2-3H3/b13-10-. The van der Waals surface area contributed by atoms with E-state index >= 15 is 0 Å². The molecule has 5 heteroatoms. The van der Waals surface area contributed by atoms with Crippen LogP contribution in [0.5, 0.6) is 11.5 Å². The van der Waals surface area contributed by atoms with Crippen molar-refractivity contribution in [2.75, 3.05) is 14.2 Å². The fourth-order valence-corrected chi connectivity index (χ4v) is 2.89. The normalized spacial score (nSPS) is 11.2. The fraction of sp³-hybridized carbons (Fsp3) is 0.111. The van der Waals surface area contributed by atoms with E-state index in [1.165, 1.54) is 32.6 Å². The first-order valence-corrected chi connectivity index (χ1v) is 7.54. The number of halogens is 2. The average molecular weight is 379 g/mol. The number of aromatic hydroxyl groups is 1. The Morgan fingerprint density at radius 1 is 1.26 bits per heavy atom. The number of hydrogen-bond donors (Lipinski definition) is 1. The van der Waals surface area contributed by atoms with Crippen molar-refractivity contribution in [3.63, 3.8) is 0 Å². The third-order valence-corrected chi connectivity index (χ3v) is 4.01. The summed E-state index contributed by atoms with van der Waals surface area (Å²) in [5.41, 5.74) is 2.21. The number of ether oxygens (including phenoxy) is 2. The summed E-state index contributed by atoms with van der Waals surface area (Å²) in [6, 6.07) is 7.95. The highest BCUT2D eigenvalue weighted by Crippen LogP contribution is 2.41. The van der Waals surface area contributed by atoms with Crippen LogP contribution < -0.4 is 4.74 Å². The monoisotopic (exact) mass is 378 g/mol. The minimum absolute atomic E-state index is 0.0750. The Labute approximate surface area is 142 Å². The summed E-state index contributed by atoms with van der Waals surface area (Å²) in [4.78, 5) is 0. The SMILES string of the molecule is C=Cc1c(O)cccc1/C(=C/OC)c1c(Br)ccc(F)c1OC. The molecule has 0 spiro atoms. The van der Waals surface area contributed by atoms with E-state index < -0.39 is 5.82 Å². The van der Waals surface area contributed by atoms with Crippen molar-refractivity contribution >= 4 is 27.6 Å². The first-order valence-electron chi connectivity index (χ1n) is 6.75. The first kappa shape index (κ1) is 17.1. The first-order chi connectivity index (χ1) is 11.0. The van der Waals surface area contributed by atoms with Gasteiger partial charge in [-0.1, -0.05) is 40.7 Å². The molecule has 23 heavy (non-hydrogen) atoms. The second kappa shape index (κ2) is 7.33. The maximum absolute atomic E-state index is 14.1. The molecule has 0 saturated heterocycles. The van der Waals surface area contributed by atoms with E-state index in [1.54, 1.807) is 24.3 Å². The van der Waals surface area contributed by atoms with E-state index in [2.05, 4.69) is 22.5 Å². The Kier molecular flexibility index (Phi) is 5.45. The average Bonchev–Trinajstić information content (AvgIpc) is 2.54. The minimum Gasteiger partial charge on any atom is -0.507 e. The smallest absolute Gasteiger partial charge is 0.165 e. The molecule has 0 aliphatic rings. The molecule has 0 bridgehead atoms. The van der Waals surface area contributed by atoms with Crippen LogP contribution in [0.4, 0.5) is 4.39 Å². The summed E-state index contributed by atoms with van der Waals surface area (Å²) in [5, 5.41) is 10.0. The Morgan fingerprint density at radius 2 is 2.00 bits per heavy atom.